The Morgan fingerprint density at radius 2 is 2.10 bits per heavy atom. The van der Waals surface area contributed by atoms with Crippen LogP contribution in [0.25, 0.3) is 0 Å². The summed E-state index contributed by atoms with van der Waals surface area (Å²) in [7, 11) is 0. The lowest BCUT2D eigenvalue weighted by Gasteiger charge is -2.31. The highest BCUT2D eigenvalue weighted by atomic mass is 32.1. The maximum atomic E-state index is 12.8. The van der Waals surface area contributed by atoms with Crippen LogP contribution in [0.2, 0.25) is 0 Å². The molecule has 3 aliphatic heterocycles. The zero-order valence-corrected chi connectivity index (χ0v) is 13.3. The standard InChI is InChI=1S/C17H24N2OS/c20-17(11-12-9-13-5-6-14(10-12)18-13)19-7-1-3-15(19)16-4-2-8-21-16/h2,4,8,12-15,18H,1,3,5-7,9-11H2. The van der Waals surface area contributed by atoms with Gasteiger partial charge in [0.1, 0.15) is 0 Å². The number of likely N-dealkylation sites (tertiary alicyclic amines) is 1. The van der Waals surface area contributed by atoms with Crippen LogP contribution in [0.3, 0.4) is 0 Å². The lowest BCUT2D eigenvalue weighted by atomic mass is 9.89. The van der Waals surface area contributed by atoms with E-state index in [1.54, 1.807) is 11.3 Å². The van der Waals surface area contributed by atoms with E-state index in [0.29, 0.717) is 30.0 Å². The summed E-state index contributed by atoms with van der Waals surface area (Å²) in [5, 5.41) is 5.80. The van der Waals surface area contributed by atoms with E-state index in [-0.39, 0.29) is 0 Å². The first-order chi connectivity index (χ1) is 10.3. The number of fused-ring (bicyclic) bond motifs is 2. The van der Waals surface area contributed by atoms with Crippen LogP contribution in [0, 0.1) is 5.92 Å². The Balaban J connectivity index is 1.40. The molecule has 0 radical (unpaired) electrons. The fourth-order valence-corrected chi connectivity index (χ4v) is 5.42. The molecule has 2 bridgehead atoms. The van der Waals surface area contributed by atoms with Crippen LogP contribution in [0.15, 0.2) is 17.5 Å². The Morgan fingerprint density at radius 1 is 1.29 bits per heavy atom. The van der Waals surface area contributed by atoms with Crippen molar-refractivity contribution in [2.24, 2.45) is 5.92 Å². The zero-order chi connectivity index (χ0) is 14.2. The molecule has 1 amide bonds. The molecule has 4 heteroatoms. The Labute approximate surface area is 130 Å². The first kappa shape index (κ1) is 13.8. The summed E-state index contributed by atoms with van der Waals surface area (Å²) >= 11 is 1.79. The van der Waals surface area contributed by atoms with E-state index in [1.807, 2.05) is 0 Å². The Bertz CT molecular complexity index is 489. The Kier molecular flexibility index (Phi) is 3.76. The quantitative estimate of drug-likeness (QED) is 0.929. The number of hydrogen-bond acceptors (Lipinski definition) is 3. The van der Waals surface area contributed by atoms with E-state index in [1.165, 1.54) is 30.6 Å². The van der Waals surface area contributed by atoms with Crippen molar-refractivity contribution in [1.82, 2.24) is 10.2 Å². The summed E-state index contributed by atoms with van der Waals surface area (Å²) in [5.41, 5.74) is 0. The lowest BCUT2D eigenvalue weighted by Crippen LogP contribution is -2.40. The number of amides is 1. The van der Waals surface area contributed by atoms with Gasteiger partial charge in [-0.25, -0.2) is 0 Å². The van der Waals surface area contributed by atoms with E-state index < -0.39 is 0 Å². The summed E-state index contributed by atoms with van der Waals surface area (Å²) in [5.74, 6) is 1.01. The average molecular weight is 304 g/mol. The number of carbonyl (C=O) groups is 1. The molecule has 3 saturated heterocycles. The van der Waals surface area contributed by atoms with Gasteiger partial charge in [0.15, 0.2) is 0 Å². The predicted octanol–water partition coefficient (Wildman–Crippen LogP) is 3.33. The van der Waals surface area contributed by atoms with E-state index in [9.17, 15) is 4.79 Å². The molecule has 21 heavy (non-hydrogen) atoms. The molecule has 114 valence electrons. The number of carbonyl (C=O) groups excluding carboxylic acids is 1. The van der Waals surface area contributed by atoms with Crippen LogP contribution < -0.4 is 5.32 Å². The van der Waals surface area contributed by atoms with E-state index in [0.717, 1.165) is 25.8 Å². The monoisotopic (exact) mass is 304 g/mol. The molecule has 0 saturated carbocycles. The molecule has 4 rings (SSSR count). The third-order valence-corrected chi connectivity index (χ3v) is 6.45. The molecule has 3 nitrogen and oxygen atoms in total. The van der Waals surface area contributed by atoms with Gasteiger partial charge in [-0.05, 0) is 55.9 Å². The summed E-state index contributed by atoms with van der Waals surface area (Å²) in [6.45, 7) is 0.958. The van der Waals surface area contributed by atoms with Gasteiger partial charge in [-0.1, -0.05) is 6.07 Å². The molecular formula is C17H24N2OS. The molecule has 1 N–H and O–H groups in total. The number of nitrogens with zero attached hydrogens (tertiary/aromatic N) is 1. The van der Waals surface area contributed by atoms with Crippen molar-refractivity contribution in [3.8, 4) is 0 Å². The fraction of sp³-hybridized carbons (Fsp3) is 0.706. The summed E-state index contributed by atoms with van der Waals surface area (Å²) < 4.78 is 0. The number of nitrogens with one attached hydrogen (secondary N) is 1. The fourth-order valence-electron chi connectivity index (χ4n) is 4.55. The van der Waals surface area contributed by atoms with Gasteiger partial charge in [-0.15, -0.1) is 11.3 Å². The van der Waals surface area contributed by atoms with Gasteiger partial charge in [-0.2, -0.15) is 0 Å². The van der Waals surface area contributed by atoms with Crippen LogP contribution in [-0.4, -0.2) is 29.4 Å². The van der Waals surface area contributed by atoms with Gasteiger partial charge >= 0.3 is 0 Å². The van der Waals surface area contributed by atoms with E-state index in [4.69, 9.17) is 0 Å². The van der Waals surface area contributed by atoms with Crippen molar-refractivity contribution in [2.75, 3.05) is 6.54 Å². The highest BCUT2D eigenvalue weighted by Crippen LogP contribution is 2.37. The number of thiophene rings is 1. The van der Waals surface area contributed by atoms with E-state index in [2.05, 4.69) is 27.7 Å². The molecule has 1 aromatic rings. The van der Waals surface area contributed by atoms with Crippen LogP contribution in [0.5, 0.6) is 0 Å². The minimum absolute atomic E-state index is 0.357. The minimum atomic E-state index is 0.357. The second kappa shape index (κ2) is 5.73. The lowest BCUT2D eigenvalue weighted by molar-refractivity contribution is -0.133. The minimum Gasteiger partial charge on any atom is -0.335 e. The topological polar surface area (TPSA) is 32.3 Å². The predicted molar refractivity (Wildman–Crippen MR) is 85.3 cm³/mol. The molecule has 3 atom stereocenters. The number of hydrogen-bond donors (Lipinski definition) is 1. The van der Waals surface area contributed by atoms with Crippen molar-refractivity contribution in [1.29, 1.82) is 0 Å². The molecule has 3 fully saturated rings. The molecule has 0 aromatic carbocycles. The average Bonchev–Trinajstić information content (AvgIpc) is 3.18. The molecule has 3 unspecified atom stereocenters. The van der Waals surface area contributed by atoms with Gasteiger partial charge < -0.3 is 10.2 Å². The van der Waals surface area contributed by atoms with Crippen LogP contribution in [-0.2, 0) is 4.79 Å². The normalized spacial score (nSPS) is 35.3. The molecule has 3 aliphatic rings. The number of rotatable bonds is 3. The zero-order valence-electron chi connectivity index (χ0n) is 12.5. The third kappa shape index (κ3) is 2.76. The summed E-state index contributed by atoms with van der Waals surface area (Å²) in [6, 6.07) is 6.02. The maximum absolute atomic E-state index is 12.8. The van der Waals surface area contributed by atoms with Crippen molar-refractivity contribution < 1.29 is 4.79 Å². The van der Waals surface area contributed by atoms with Gasteiger partial charge in [0.2, 0.25) is 5.91 Å². The molecular weight excluding hydrogens is 280 g/mol. The molecule has 4 heterocycles. The number of piperidine rings is 1. The highest BCUT2D eigenvalue weighted by Gasteiger charge is 2.36. The molecule has 0 spiro atoms. The van der Waals surface area contributed by atoms with Crippen molar-refractivity contribution in [2.45, 2.75) is 63.1 Å². The molecule has 0 aliphatic carbocycles. The van der Waals surface area contributed by atoms with Gasteiger partial charge in [0, 0.05) is 29.9 Å². The van der Waals surface area contributed by atoms with Crippen molar-refractivity contribution in [3.63, 3.8) is 0 Å². The second-order valence-corrected chi connectivity index (χ2v) is 7.92. The van der Waals surface area contributed by atoms with Crippen molar-refractivity contribution in [3.05, 3.63) is 22.4 Å². The maximum Gasteiger partial charge on any atom is 0.223 e. The van der Waals surface area contributed by atoms with Crippen LogP contribution in [0.4, 0.5) is 0 Å². The Morgan fingerprint density at radius 3 is 2.81 bits per heavy atom. The van der Waals surface area contributed by atoms with Crippen molar-refractivity contribution >= 4 is 17.2 Å². The SMILES string of the molecule is O=C(CC1CC2CCC(C1)N2)N1CCCC1c1cccs1. The highest BCUT2D eigenvalue weighted by molar-refractivity contribution is 7.10. The first-order valence-electron chi connectivity index (χ1n) is 8.38. The largest absolute Gasteiger partial charge is 0.335 e. The smallest absolute Gasteiger partial charge is 0.223 e. The van der Waals surface area contributed by atoms with Gasteiger partial charge in [0.25, 0.3) is 0 Å². The van der Waals surface area contributed by atoms with Crippen LogP contribution >= 0.6 is 11.3 Å². The summed E-state index contributed by atoms with van der Waals surface area (Å²) in [4.78, 5) is 16.3. The van der Waals surface area contributed by atoms with Gasteiger partial charge in [-0.3, -0.25) is 4.79 Å². The second-order valence-electron chi connectivity index (χ2n) is 6.94. The third-order valence-electron chi connectivity index (χ3n) is 5.48. The first-order valence-corrected chi connectivity index (χ1v) is 9.26. The Hall–Kier alpha value is -0.870. The van der Waals surface area contributed by atoms with Gasteiger partial charge in [0.05, 0.1) is 6.04 Å². The van der Waals surface area contributed by atoms with Crippen LogP contribution in [0.1, 0.15) is 55.9 Å². The van der Waals surface area contributed by atoms with E-state index >= 15 is 0 Å². The molecule has 1 aromatic heterocycles. The summed E-state index contributed by atoms with van der Waals surface area (Å²) in [6.07, 6.45) is 8.12.